The van der Waals surface area contributed by atoms with E-state index in [1.54, 1.807) is 0 Å². The summed E-state index contributed by atoms with van der Waals surface area (Å²) >= 11 is 0. The maximum atomic E-state index is 6.34. The molecule has 1 aliphatic carbocycles. The van der Waals surface area contributed by atoms with Crippen molar-refractivity contribution in [3.05, 3.63) is 0 Å². The van der Waals surface area contributed by atoms with Crippen LogP contribution in [0, 0.1) is 23.7 Å². The maximum absolute atomic E-state index is 6.34. The Balaban J connectivity index is 2.38. The number of rotatable bonds is 5. The zero-order valence-electron chi connectivity index (χ0n) is 12.4. The molecule has 0 aromatic rings. The quantitative estimate of drug-likeness (QED) is 0.800. The van der Waals surface area contributed by atoms with Gasteiger partial charge in [-0.05, 0) is 56.5 Å². The second-order valence-electron chi connectivity index (χ2n) is 6.83. The van der Waals surface area contributed by atoms with Gasteiger partial charge in [0.1, 0.15) is 0 Å². The fourth-order valence-corrected chi connectivity index (χ4v) is 3.21. The third-order valence-electron chi connectivity index (χ3n) is 4.34. The van der Waals surface area contributed by atoms with Gasteiger partial charge in [-0.1, -0.05) is 27.7 Å². The summed E-state index contributed by atoms with van der Waals surface area (Å²) in [5, 5.41) is 0. The monoisotopic (exact) mass is 240 g/mol. The third-order valence-corrected chi connectivity index (χ3v) is 4.34. The molecule has 1 saturated carbocycles. The fraction of sp³-hybridized carbons (Fsp3) is 1.00. The summed E-state index contributed by atoms with van der Waals surface area (Å²) in [5.74, 6) is 3.10. The summed E-state index contributed by atoms with van der Waals surface area (Å²) < 4.78 is 0. The highest BCUT2D eigenvalue weighted by molar-refractivity contribution is 4.86. The zero-order chi connectivity index (χ0) is 13.0. The third kappa shape index (κ3) is 4.97. The van der Waals surface area contributed by atoms with Crippen LogP contribution < -0.4 is 5.73 Å². The van der Waals surface area contributed by atoms with Crippen LogP contribution in [-0.2, 0) is 0 Å². The van der Waals surface area contributed by atoms with Crippen molar-refractivity contribution >= 4 is 0 Å². The lowest BCUT2D eigenvalue weighted by Gasteiger charge is -2.39. The first-order valence-corrected chi connectivity index (χ1v) is 7.34. The van der Waals surface area contributed by atoms with Crippen LogP contribution in [0.2, 0.25) is 0 Å². The van der Waals surface area contributed by atoms with E-state index in [0.717, 1.165) is 17.8 Å². The molecular formula is C15H32N2. The minimum atomic E-state index is 0.412. The Morgan fingerprint density at radius 2 is 1.88 bits per heavy atom. The maximum Gasteiger partial charge on any atom is 0.00844 e. The van der Waals surface area contributed by atoms with Gasteiger partial charge in [0, 0.05) is 12.6 Å². The van der Waals surface area contributed by atoms with Crippen LogP contribution in [-0.4, -0.2) is 31.1 Å². The molecule has 0 aliphatic heterocycles. The molecular weight excluding hydrogens is 208 g/mol. The average Bonchev–Trinajstić information content (AvgIpc) is 2.20. The molecule has 0 bridgehead atoms. The summed E-state index contributed by atoms with van der Waals surface area (Å²) in [4.78, 5) is 2.48. The first kappa shape index (κ1) is 15.0. The van der Waals surface area contributed by atoms with Crippen LogP contribution in [0.15, 0.2) is 0 Å². The molecule has 0 radical (unpaired) electrons. The van der Waals surface area contributed by atoms with Gasteiger partial charge in [-0.2, -0.15) is 0 Å². The van der Waals surface area contributed by atoms with Crippen molar-refractivity contribution in [2.75, 3.05) is 20.1 Å². The van der Waals surface area contributed by atoms with Gasteiger partial charge in [-0.15, -0.1) is 0 Å². The van der Waals surface area contributed by atoms with Crippen molar-refractivity contribution < 1.29 is 0 Å². The largest absolute Gasteiger partial charge is 0.327 e. The molecule has 1 fully saturated rings. The molecule has 4 atom stereocenters. The predicted molar refractivity (Wildman–Crippen MR) is 76.0 cm³/mol. The van der Waals surface area contributed by atoms with E-state index >= 15 is 0 Å². The standard InChI is InChI=1S/C15H32N2/c1-11(2)6-7-17(5)10-14-13(4)8-12(3)9-15(14)16/h11-15H,6-10,16H2,1-5H3. The van der Waals surface area contributed by atoms with Crippen LogP contribution in [0.4, 0.5) is 0 Å². The Morgan fingerprint density at radius 1 is 1.24 bits per heavy atom. The molecule has 0 heterocycles. The number of hydrogen-bond acceptors (Lipinski definition) is 2. The molecule has 0 aromatic heterocycles. The summed E-state index contributed by atoms with van der Waals surface area (Å²) in [7, 11) is 2.25. The van der Waals surface area contributed by atoms with Gasteiger partial charge in [0.2, 0.25) is 0 Å². The number of hydrogen-bond donors (Lipinski definition) is 1. The van der Waals surface area contributed by atoms with Crippen LogP contribution in [0.25, 0.3) is 0 Å². The fourth-order valence-electron chi connectivity index (χ4n) is 3.21. The Hall–Kier alpha value is -0.0800. The number of nitrogens with two attached hydrogens (primary N) is 1. The molecule has 0 aromatic carbocycles. The second kappa shape index (κ2) is 6.75. The lowest BCUT2D eigenvalue weighted by atomic mass is 9.72. The van der Waals surface area contributed by atoms with Crippen molar-refractivity contribution in [3.8, 4) is 0 Å². The van der Waals surface area contributed by atoms with Gasteiger partial charge in [0.25, 0.3) is 0 Å². The van der Waals surface area contributed by atoms with E-state index in [1.807, 2.05) is 0 Å². The smallest absolute Gasteiger partial charge is 0.00844 e. The van der Waals surface area contributed by atoms with Crippen molar-refractivity contribution in [1.82, 2.24) is 4.90 Å². The molecule has 2 nitrogen and oxygen atoms in total. The molecule has 17 heavy (non-hydrogen) atoms. The van der Waals surface area contributed by atoms with Gasteiger partial charge < -0.3 is 10.6 Å². The lowest BCUT2D eigenvalue weighted by molar-refractivity contribution is 0.128. The highest BCUT2D eigenvalue weighted by Gasteiger charge is 2.32. The van der Waals surface area contributed by atoms with Crippen molar-refractivity contribution in [2.24, 2.45) is 29.4 Å². The van der Waals surface area contributed by atoms with E-state index < -0.39 is 0 Å². The summed E-state index contributed by atoms with van der Waals surface area (Å²) in [6, 6.07) is 0.412. The summed E-state index contributed by atoms with van der Waals surface area (Å²) in [6.45, 7) is 11.7. The van der Waals surface area contributed by atoms with Gasteiger partial charge in [0.05, 0.1) is 0 Å². The summed E-state index contributed by atoms with van der Waals surface area (Å²) in [6.07, 6.45) is 3.87. The molecule has 1 aliphatic rings. The van der Waals surface area contributed by atoms with Crippen molar-refractivity contribution in [3.63, 3.8) is 0 Å². The van der Waals surface area contributed by atoms with Crippen LogP contribution in [0.3, 0.4) is 0 Å². The topological polar surface area (TPSA) is 29.3 Å². The SMILES string of the molecule is CC(C)CCN(C)CC1C(C)CC(C)CC1N. The normalized spacial score (nSPS) is 34.6. The van der Waals surface area contributed by atoms with Gasteiger partial charge in [-0.25, -0.2) is 0 Å². The molecule has 2 N–H and O–H groups in total. The van der Waals surface area contributed by atoms with Crippen LogP contribution in [0.1, 0.15) is 47.0 Å². The Morgan fingerprint density at radius 3 is 2.41 bits per heavy atom. The molecule has 0 amide bonds. The first-order valence-electron chi connectivity index (χ1n) is 7.34. The second-order valence-corrected chi connectivity index (χ2v) is 6.83. The van der Waals surface area contributed by atoms with E-state index in [1.165, 1.54) is 32.4 Å². The minimum absolute atomic E-state index is 0.412. The van der Waals surface area contributed by atoms with E-state index in [0.29, 0.717) is 12.0 Å². The lowest BCUT2D eigenvalue weighted by Crippen LogP contribution is -2.46. The van der Waals surface area contributed by atoms with Gasteiger partial charge in [-0.3, -0.25) is 0 Å². The average molecular weight is 240 g/mol. The Bertz CT molecular complexity index is 203. The zero-order valence-corrected chi connectivity index (χ0v) is 12.4. The van der Waals surface area contributed by atoms with Crippen molar-refractivity contribution in [1.29, 1.82) is 0 Å². The van der Waals surface area contributed by atoms with E-state index in [4.69, 9.17) is 5.73 Å². The van der Waals surface area contributed by atoms with Crippen molar-refractivity contribution in [2.45, 2.75) is 53.0 Å². The van der Waals surface area contributed by atoms with Gasteiger partial charge in [0.15, 0.2) is 0 Å². The minimum Gasteiger partial charge on any atom is -0.327 e. The highest BCUT2D eigenvalue weighted by atomic mass is 15.1. The predicted octanol–water partition coefficient (Wildman–Crippen LogP) is 2.97. The first-order chi connectivity index (χ1) is 7.90. The van der Waals surface area contributed by atoms with Gasteiger partial charge >= 0.3 is 0 Å². The van der Waals surface area contributed by atoms with E-state index in [2.05, 4.69) is 39.6 Å². The highest BCUT2D eigenvalue weighted by Crippen LogP contribution is 2.33. The Labute approximate surface area is 108 Å². The molecule has 0 saturated heterocycles. The van der Waals surface area contributed by atoms with Crippen LogP contribution >= 0.6 is 0 Å². The van der Waals surface area contributed by atoms with Crippen LogP contribution in [0.5, 0.6) is 0 Å². The molecule has 2 heteroatoms. The van der Waals surface area contributed by atoms with E-state index in [-0.39, 0.29) is 0 Å². The van der Waals surface area contributed by atoms with E-state index in [9.17, 15) is 0 Å². The molecule has 102 valence electrons. The summed E-state index contributed by atoms with van der Waals surface area (Å²) in [5.41, 5.74) is 6.34. The molecule has 1 rings (SSSR count). The molecule has 0 spiro atoms. The Kier molecular flexibility index (Phi) is 5.94. The molecule has 4 unspecified atom stereocenters. The number of nitrogens with zero attached hydrogens (tertiary/aromatic N) is 1.